The highest BCUT2D eigenvalue weighted by Crippen LogP contribution is 2.48. The monoisotopic (exact) mass is 168 g/mol. The van der Waals surface area contributed by atoms with Crippen molar-refractivity contribution in [2.75, 3.05) is 0 Å². The number of hydrogen-bond acceptors (Lipinski definition) is 1. The molecule has 0 radical (unpaired) electrons. The Kier molecular flexibility index (Phi) is 3.33. The van der Waals surface area contributed by atoms with Crippen molar-refractivity contribution in [2.24, 2.45) is 5.41 Å². The van der Waals surface area contributed by atoms with Crippen LogP contribution >= 0.6 is 0 Å². The van der Waals surface area contributed by atoms with Gasteiger partial charge in [0.15, 0.2) is 0 Å². The zero-order valence-electron chi connectivity index (χ0n) is 8.05. The Hall–Kier alpha value is -0.300. The van der Waals surface area contributed by atoms with E-state index in [4.69, 9.17) is 0 Å². The number of aliphatic hydroxyl groups is 1. The molecule has 1 rings (SSSR count). The first-order chi connectivity index (χ1) is 5.75. The fourth-order valence-corrected chi connectivity index (χ4v) is 2.10. The smallest absolute Gasteiger partial charge is 0.0774 e. The molecule has 0 aromatic carbocycles. The lowest BCUT2D eigenvalue weighted by molar-refractivity contribution is -0.0137. The summed E-state index contributed by atoms with van der Waals surface area (Å²) in [6.07, 6.45) is 8.76. The Morgan fingerprint density at radius 3 is 2.58 bits per heavy atom. The Morgan fingerprint density at radius 2 is 2.25 bits per heavy atom. The van der Waals surface area contributed by atoms with E-state index in [2.05, 4.69) is 13.5 Å². The van der Waals surface area contributed by atoms with Gasteiger partial charge in [0.05, 0.1) is 6.10 Å². The molecule has 70 valence electrons. The van der Waals surface area contributed by atoms with Crippen molar-refractivity contribution in [1.29, 1.82) is 0 Å². The van der Waals surface area contributed by atoms with E-state index in [1.807, 2.05) is 0 Å². The molecule has 1 aliphatic carbocycles. The fourth-order valence-electron chi connectivity index (χ4n) is 2.10. The molecule has 0 aliphatic heterocycles. The van der Waals surface area contributed by atoms with Crippen molar-refractivity contribution in [3.63, 3.8) is 0 Å². The van der Waals surface area contributed by atoms with Gasteiger partial charge in [0.1, 0.15) is 0 Å². The maximum absolute atomic E-state index is 9.74. The second-order valence-corrected chi connectivity index (χ2v) is 4.00. The largest absolute Gasteiger partial charge is 0.388 e. The van der Waals surface area contributed by atoms with Crippen LogP contribution in [0.15, 0.2) is 12.7 Å². The topological polar surface area (TPSA) is 20.2 Å². The standard InChI is InChI=1S/C11H20O/c1-3-5-7-11(8-6-9-11)10(12)4-2/h4,10,12H,2-3,5-9H2,1H3. The maximum Gasteiger partial charge on any atom is 0.0774 e. The first-order valence-corrected chi connectivity index (χ1v) is 5.06. The molecule has 1 aliphatic rings. The first-order valence-electron chi connectivity index (χ1n) is 5.06. The minimum absolute atomic E-state index is 0.220. The molecular weight excluding hydrogens is 148 g/mol. The van der Waals surface area contributed by atoms with Crippen LogP contribution in [0, 0.1) is 5.41 Å². The minimum Gasteiger partial charge on any atom is -0.388 e. The van der Waals surface area contributed by atoms with Crippen LogP contribution in [0.5, 0.6) is 0 Å². The van der Waals surface area contributed by atoms with Crippen molar-refractivity contribution < 1.29 is 5.11 Å². The zero-order chi connectivity index (χ0) is 9.03. The lowest BCUT2D eigenvalue weighted by Crippen LogP contribution is -2.40. The van der Waals surface area contributed by atoms with Crippen LogP contribution in [0.1, 0.15) is 45.4 Å². The Bertz CT molecular complexity index is 147. The molecule has 0 amide bonds. The molecule has 12 heavy (non-hydrogen) atoms. The summed E-state index contributed by atoms with van der Waals surface area (Å²) >= 11 is 0. The predicted octanol–water partition coefficient (Wildman–Crippen LogP) is 2.89. The number of unbranched alkanes of at least 4 members (excludes halogenated alkanes) is 1. The summed E-state index contributed by atoms with van der Waals surface area (Å²) in [7, 11) is 0. The third-order valence-corrected chi connectivity index (χ3v) is 3.23. The molecular formula is C11H20O. The van der Waals surface area contributed by atoms with Crippen LogP contribution in [0.25, 0.3) is 0 Å². The quantitative estimate of drug-likeness (QED) is 0.626. The lowest BCUT2D eigenvalue weighted by atomic mass is 9.62. The van der Waals surface area contributed by atoms with Crippen molar-refractivity contribution >= 4 is 0 Å². The second-order valence-electron chi connectivity index (χ2n) is 4.00. The molecule has 1 unspecified atom stereocenters. The van der Waals surface area contributed by atoms with Crippen LogP contribution in [0.3, 0.4) is 0 Å². The summed E-state index contributed by atoms with van der Waals surface area (Å²) in [5.41, 5.74) is 0.220. The zero-order valence-corrected chi connectivity index (χ0v) is 8.05. The van der Waals surface area contributed by atoms with Crippen LogP contribution in [-0.4, -0.2) is 11.2 Å². The number of rotatable bonds is 5. The molecule has 0 saturated heterocycles. The van der Waals surface area contributed by atoms with Gasteiger partial charge in [-0.3, -0.25) is 0 Å². The highest BCUT2D eigenvalue weighted by molar-refractivity contribution is 5.00. The molecule has 1 atom stereocenters. The van der Waals surface area contributed by atoms with Gasteiger partial charge < -0.3 is 5.11 Å². The van der Waals surface area contributed by atoms with E-state index in [0.717, 1.165) is 0 Å². The average molecular weight is 168 g/mol. The van der Waals surface area contributed by atoms with Crippen LogP contribution < -0.4 is 0 Å². The van der Waals surface area contributed by atoms with E-state index < -0.39 is 0 Å². The average Bonchev–Trinajstić information content (AvgIpc) is 2.02. The normalized spacial score (nSPS) is 22.8. The molecule has 1 nitrogen and oxygen atoms in total. The van der Waals surface area contributed by atoms with Crippen LogP contribution in [0.4, 0.5) is 0 Å². The van der Waals surface area contributed by atoms with E-state index >= 15 is 0 Å². The summed E-state index contributed by atoms with van der Waals surface area (Å²) in [5.74, 6) is 0. The van der Waals surface area contributed by atoms with Crippen LogP contribution in [-0.2, 0) is 0 Å². The molecule has 0 heterocycles. The van der Waals surface area contributed by atoms with Crippen molar-refractivity contribution in [2.45, 2.75) is 51.6 Å². The molecule has 1 saturated carbocycles. The summed E-state index contributed by atoms with van der Waals surface area (Å²) in [6.45, 7) is 5.87. The molecule has 0 aromatic heterocycles. The Labute approximate surface area is 75.5 Å². The first kappa shape index (κ1) is 9.79. The highest BCUT2D eigenvalue weighted by Gasteiger charge is 2.41. The third-order valence-electron chi connectivity index (χ3n) is 3.23. The van der Waals surface area contributed by atoms with Crippen molar-refractivity contribution in [3.05, 3.63) is 12.7 Å². The molecule has 0 aromatic rings. The highest BCUT2D eigenvalue weighted by atomic mass is 16.3. The van der Waals surface area contributed by atoms with Gasteiger partial charge in [-0.05, 0) is 24.7 Å². The molecule has 1 fully saturated rings. The second kappa shape index (κ2) is 4.08. The van der Waals surface area contributed by atoms with Crippen molar-refractivity contribution in [1.82, 2.24) is 0 Å². The Balaban J connectivity index is 2.44. The van der Waals surface area contributed by atoms with Gasteiger partial charge in [-0.25, -0.2) is 0 Å². The minimum atomic E-state index is -0.266. The number of aliphatic hydroxyl groups excluding tert-OH is 1. The third kappa shape index (κ3) is 1.71. The van der Waals surface area contributed by atoms with Gasteiger partial charge >= 0.3 is 0 Å². The summed E-state index contributed by atoms with van der Waals surface area (Å²) in [4.78, 5) is 0. The molecule has 1 heteroatoms. The van der Waals surface area contributed by atoms with Gasteiger partial charge in [-0.2, -0.15) is 0 Å². The van der Waals surface area contributed by atoms with Gasteiger partial charge in [0, 0.05) is 0 Å². The lowest BCUT2D eigenvalue weighted by Gasteiger charge is -2.44. The van der Waals surface area contributed by atoms with Gasteiger partial charge in [0.25, 0.3) is 0 Å². The van der Waals surface area contributed by atoms with Gasteiger partial charge in [-0.1, -0.05) is 32.3 Å². The Morgan fingerprint density at radius 1 is 1.58 bits per heavy atom. The SMILES string of the molecule is C=CC(O)C1(CCCC)CCC1. The van der Waals surface area contributed by atoms with E-state index in [1.54, 1.807) is 6.08 Å². The van der Waals surface area contributed by atoms with E-state index in [-0.39, 0.29) is 11.5 Å². The summed E-state index contributed by atoms with van der Waals surface area (Å²) < 4.78 is 0. The van der Waals surface area contributed by atoms with Gasteiger partial charge in [0.2, 0.25) is 0 Å². The van der Waals surface area contributed by atoms with E-state index in [9.17, 15) is 5.11 Å². The van der Waals surface area contributed by atoms with Gasteiger partial charge in [-0.15, -0.1) is 6.58 Å². The van der Waals surface area contributed by atoms with E-state index in [1.165, 1.54) is 38.5 Å². The molecule has 1 N–H and O–H groups in total. The van der Waals surface area contributed by atoms with Crippen molar-refractivity contribution in [3.8, 4) is 0 Å². The fraction of sp³-hybridized carbons (Fsp3) is 0.818. The van der Waals surface area contributed by atoms with E-state index in [0.29, 0.717) is 0 Å². The van der Waals surface area contributed by atoms with Crippen LogP contribution in [0.2, 0.25) is 0 Å². The summed E-state index contributed by atoms with van der Waals surface area (Å²) in [6, 6.07) is 0. The summed E-state index contributed by atoms with van der Waals surface area (Å²) in [5, 5.41) is 9.74. The molecule has 0 bridgehead atoms. The molecule has 0 spiro atoms. The predicted molar refractivity (Wildman–Crippen MR) is 52.0 cm³/mol. The number of hydrogen-bond donors (Lipinski definition) is 1. The maximum atomic E-state index is 9.74.